The maximum absolute atomic E-state index is 12.0. The third-order valence-electron chi connectivity index (χ3n) is 3.19. The van der Waals surface area contributed by atoms with E-state index in [1.54, 1.807) is 0 Å². The second-order valence-electron chi connectivity index (χ2n) is 5.65. The Morgan fingerprint density at radius 3 is 2.08 bits per heavy atom. The molecule has 0 radical (unpaired) electrons. The molecule has 0 atom stereocenters. The zero-order valence-corrected chi connectivity index (χ0v) is 15.2. The Balaban J connectivity index is 2.56. The van der Waals surface area contributed by atoms with Crippen molar-refractivity contribution in [2.75, 3.05) is 47.8 Å². The number of benzene rings is 1. The van der Waals surface area contributed by atoms with Gasteiger partial charge in [-0.1, -0.05) is 0 Å². The van der Waals surface area contributed by atoms with E-state index in [9.17, 15) is 18.0 Å². The van der Waals surface area contributed by atoms with Crippen LogP contribution in [0.1, 0.15) is 10.4 Å². The van der Waals surface area contributed by atoms with Crippen molar-refractivity contribution >= 4 is 21.8 Å². The standard InChI is InChI=1S/C15H24N4O4S/c1-18(2)10-9-16-14(20)11-17-15(21)12-5-7-13(8-6-12)24(22,23)19(3)4/h5-8H,9-11H2,1-4H3,(H,16,20)(H,17,21). The van der Waals surface area contributed by atoms with Gasteiger partial charge in [-0.15, -0.1) is 0 Å². The fraction of sp³-hybridized carbons (Fsp3) is 0.467. The molecule has 1 aromatic carbocycles. The average Bonchev–Trinajstić information content (AvgIpc) is 2.52. The predicted octanol–water partition coefficient (Wildman–Crippen LogP) is -0.655. The SMILES string of the molecule is CN(C)CCNC(=O)CNC(=O)c1ccc(S(=O)(=O)N(C)C)cc1. The molecule has 0 aromatic heterocycles. The van der Waals surface area contributed by atoms with Crippen molar-refractivity contribution in [1.29, 1.82) is 0 Å². The molecular weight excluding hydrogens is 332 g/mol. The van der Waals surface area contributed by atoms with Gasteiger partial charge in [-0.05, 0) is 38.4 Å². The van der Waals surface area contributed by atoms with Crippen molar-refractivity contribution < 1.29 is 18.0 Å². The number of nitrogens with zero attached hydrogens (tertiary/aromatic N) is 2. The van der Waals surface area contributed by atoms with E-state index in [2.05, 4.69) is 10.6 Å². The van der Waals surface area contributed by atoms with E-state index in [0.717, 1.165) is 4.31 Å². The predicted molar refractivity (Wildman–Crippen MR) is 91.2 cm³/mol. The fourth-order valence-corrected chi connectivity index (χ4v) is 2.63. The molecule has 2 N–H and O–H groups in total. The molecule has 2 amide bonds. The van der Waals surface area contributed by atoms with Crippen LogP contribution >= 0.6 is 0 Å². The third kappa shape index (κ3) is 5.91. The molecule has 9 heteroatoms. The Labute approximate surface area is 142 Å². The Hall–Kier alpha value is -1.97. The van der Waals surface area contributed by atoms with Crippen molar-refractivity contribution in [3.8, 4) is 0 Å². The molecule has 0 aliphatic heterocycles. The van der Waals surface area contributed by atoms with Crippen LogP contribution < -0.4 is 10.6 Å². The third-order valence-corrected chi connectivity index (χ3v) is 5.02. The Kier molecular flexibility index (Phi) is 7.33. The van der Waals surface area contributed by atoms with Gasteiger partial charge in [0, 0.05) is 32.7 Å². The smallest absolute Gasteiger partial charge is 0.251 e. The largest absolute Gasteiger partial charge is 0.353 e. The summed E-state index contributed by atoms with van der Waals surface area (Å²) in [6.07, 6.45) is 0. The lowest BCUT2D eigenvalue weighted by atomic mass is 10.2. The molecule has 0 aliphatic carbocycles. The van der Waals surface area contributed by atoms with E-state index < -0.39 is 15.9 Å². The molecule has 0 bridgehead atoms. The van der Waals surface area contributed by atoms with E-state index in [-0.39, 0.29) is 22.9 Å². The second-order valence-corrected chi connectivity index (χ2v) is 7.80. The van der Waals surface area contributed by atoms with Gasteiger partial charge in [0.2, 0.25) is 15.9 Å². The number of likely N-dealkylation sites (N-methyl/N-ethyl adjacent to an activating group) is 1. The summed E-state index contributed by atoms with van der Waals surface area (Å²) in [5.74, 6) is -0.719. The Morgan fingerprint density at radius 1 is 1.00 bits per heavy atom. The maximum Gasteiger partial charge on any atom is 0.251 e. The molecule has 0 unspecified atom stereocenters. The molecule has 0 saturated carbocycles. The lowest BCUT2D eigenvalue weighted by molar-refractivity contribution is -0.120. The summed E-state index contributed by atoms with van der Waals surface area (Å²) < 4.78 is 25.0. The minimum absolute atomic E-state index is 0.102. The summed E-state index contributed by atoms with van der Waals surface area (Å²) in [5, 5.41) is 5.18. The van der Waals surface area contributed by atoms with Crippen molar-refractivity contribution in [3.05, 3.63) is 29.8 Å². The number of rotatable bonds is 8. The highest BCUT2D eigenvalue weighted by atomic mass is 32.2. The highest BCUT2D eigenvalue weighted by Crippen LogP contribution is 2.13. The molecule has 134 valence electrons. The van der Waals surface area contributed by atoms with Gasteiger partial charge in [0.1, 0.15) is 0 Å². The van der Waals surface area contributed by atoms with Crippen LogP contribution in [0.2, 0.25) is 0 Å². The van der Waals surface area contributed by atoms with Gasteiger partial charge < -0.3 is 15.5 Å². The minimum atomic E-state index is -3.53. The number of sulfonamides is 1. The number of amides is 2. The summed E-state index contributed by atoms with van der Waals surface area (Å²) >= 11 is 0. The second kappa shape index (κ2) is 8.76. The lowest BCUT2D eigenvalue weighted by Crippen LogP contribution is -2.39. The molecule has 0 spiro atoms. The highest BCUT2D eigenvalue weighted by molar-refractivity contribution is 7.89. The molecule has 0 fully saturated rings. The van der Waals surface area contributed by atoms with E-state index in [0.29, 0.717) is 13.1 Å². The zero-order chi connectivity index (χ0) is 18.3. The molecule has 1 rings (SSSR count). The maximum atomic E-state index is 12.0. The number of hydrogen-bond acceptors (Lipinski definition) is 5. The summed E-state index contributed by atoms with van der Waals surface area (Å²) in [4.78, 5) is 25.6. The molecule has 24 heavy (non-hydrogen) atoms. The van der Waals surface area contributed by atoms with Crippen LogP contribution in [0.25, 0.3) is 0 Å². The van der Waals surface area contributed by atoms with Crippen LogP contribution in [0.4, 0.5) is 0 Å². The molecule has 1 aromatic rings. The monoisotopic (exact) mass is 356 g/mol. The van der Waals surface area contributed by atoms with E-state index >= 15 is 0 Å². The van der Waals surface area contributed by atoms with Gasteiger partial charge in [0.05, 0.1) is 11.4 Å². The van der Waals surface area contributed by atoms with Crippen LogP contribution in [-0.4, -0.2) is 77.3 Å². The summed E-state index contributed by atoms with van der Waals surface area (Å²) in [7, 11) is 3.14. The Bertz CT molecular complexity index is 669. The number of nitrogens with one attached hydrogen (secondary N) is 2. The summed E-state index contributed by atoms with van der Waals surface area (Å²) in [6, 6.07) is 5.55. The van der Waals surface area contributed by atoms with Gasteiger partial charge >= 0.3 is 0 Å². The number of carbonyl (C=O) groups excluding carboxylic acids is 2. The normalized spacial score (nSPS) is 11.6. The Morgan fingerprint density at radius 2 is 1.58 bits per heavy atom. The van der Waals surface area contributed by atoms with Crippen molar-refractivity contribution in [2.45, 2.75) is 4.90 Å². The average molecular weight is 356 g/mol. The van der Waals surface area contributed by atoms with Crippen molar-refractivity contribution in [1.82, 2.24) is 19.8 Å². The van der Waals surface area contributed by atoms with Gasteiger partial charge in [0.15, 0.2) is 0 Å². The van der Waals surface area contributed by atoms with Gasteiger partial charge in [0.25, 0.3) is 5.91 Å². The first kappa shape index (κ1) is 20.1. The lowest BCUT2D eigenvalue weighted by Gasteiger charge is -2.12. The van der Waals surface area contributed by atoms with Crippen LogP contribution in [0.5, 0.6) is 0 Å². The first-order valence-corrected chi connectivity index (χ1v) is 8.81. The highest BCUT2D eigenvalue weighted by Gasteiger charge is 2.17. The number of carbonyl (C=O) groups is 2. The first-order valence-electron chi connectivity index (χ1n) is 7.37. The quantitative estimate of drug-likeness (QED) is 0.645. The van der Waals surface area contributed by atoms with Gasteiger partial charge in [-0.3, -0.25) is 9.59 Å². The van der Waals surface area contributed by atoms with Gasteiger partial charge in [-0.25, -0.2) is 12.7 Å². The fourth-order valence-electron chi connectivity index (χ4n) is 1.73. The summed E-state index contributed by atoms with van der Waals surface area (Å²) in [6.45, 7) is 1.07. The number of hydrogen-bond donors (Lipinski definition) is 2. The minimum Gasteiger partial charge on any atom is -0.353 e. The summed E-state index contributed by atoms with van der Waals surface area (Å²) in [5.41, 5.74) is 0.286. The van der Waals surface area contributed by atoms with E-state index in [1.807, 2.05) is 19.0 Å². The van der Waals surface area contributed by atoms with Crippen LogP contribution in [0, 0.1) is 0 Å². The van der Waals surface area contributed by atoms with Crippen LogP contribution in [0.15, 0.2) is 29.2 Å². The van der Waals surface area contributed by atoms with Gasteiger partial charge in [-0.2, -0.15) is 0 Å². The van der Waals surface area contributed by atoms with E-state index in [1.165, 1.54) is 38.4 Å². The van der Waals surface area contributed by atoms with Crippen molar-refractivity contribution in [3.63, 3.8) is 0 Å². The van der Waals surface area contributed by atoms with Crippen molar-refractivity contribution in [2.24, 2.45) is 0 Å². The molecule has 0 saturated heterocycles. The van der Waals surface area contributed by atoms with Crippen LogP contribution in [-0.2, 0) is 14.8 Å². The zero-order valence-electron chi connectivity index (χ0n) is 14.4. The first-order chi connectivity index (χ1) is 11.1. The molecule has 8 nitrogen and oxygen atoms in total. The molecular formula is C15H24N4O4S. The molecule has 0 aliphatic rings. The van der Waals surface area contributed by atoms with Crippen LogP contribution in [0.3, 0.4) is 0 Å². The molecule has 0 heterocycles. The van der Waals surface area contributed by atoms with E-state index in [4.69, 9.17) is 0 Å². The topological polar surface area (TPSA) is 98.8 Å².